The highest BCUT2D eigenvalue weighted by atomic mass is 79.9. The molecule has 0 unspecified atom stereocenters. The molecule has 0 aromatic carbocycles. The lowest BCUT2D eigenvalue weighted by molar-refractivity contribution is -0.894. The van der Waals surface area contributed by atoms with Gasteiger partial charge in [0.05, 0.1) is 24.1 Å². The Labute approximate surface area is 108 Å². The second-order valence-corrected chi connectivity index (χ2v) is 4.16. The zero-order chi connectivity index (χ0) is 13.4. The zero-order valence-corrected chi connectivity index (χ0v) is 11.8. The lowest BCUT2D eigenvalue weighted by Gasteiger charge is -2.10. The van der Waals surface area contributed by atoms with Gasteiger partial charge in [0.15, 0.2) is 0 Å². The van der Waals surface area contributed by atoms with E-state index in [1.54, 1.807) is 4.90 Å². The standard InChI is InChI=1S/C6H15N.C4H3BrN2O3/c1-4-7(5-2)6-3;5-1-2(8)6-4(10)7-3(1)9/h4-6H2,1-3H3;(H3,6,7,8,9,10). The first kappa shape index (κ1) is 15.9. The molecule has 0 atom stereocenters. The second kappa shape index (κ2) is 8.08. The fourth-order valence-corrected chi connectivity index (χ4v) is 1.40. The number of aromatic nitrogens is 2. The first-order valence-corrected chi connectivity index (χ1v) is 6.28. The van der Waals surface area contributed by atoms with Gasteiger partial charge in [-0.15, -0.1) is 0 Å². The monoisotopic (exact) mass is 307 g/mol. The third-order valence-corrected chi connectivity index (χ3v) is 3.07. The Hall–Kier alpha value is -1.08. The molecule has 0 saturated carbocycles. The number of rotatable bonds is 3. The van der Waals surface area contributed by atoms with Crippen LogP contribution in [0.1, 0.15) is 20.8 Å². The van der Waals surface area contributed by atoms with Crippen LogP contribution in [0.25, 0.3) is 0 Å². The Morgan fingerprint density at radius 2 is 1.59 bits per heavy atom. The highest BCUT2D eigenvalue weighted by molar-refractivity contribution is 9.10. The summed E-state index contributed by atoms with van der Waals surface area (Å²) in [6.07, 6.45) is 0. The highest BCUT2D eigenvalue weighted by Crippen LogP contribution is 2.07. The normalized spacial score (nSPS) is 9.94. The number of hydrogen-bond donors (Lipinski definition) is 3. The van der Waals surface area contributed by atoms with E-state index in [0.29, 0.717) is 0 Å². The summed E-state index contributed by atoms with van der Waals surface area (Å²) in [5.74, 6) is -0.714. The summed E-state index contributed by atoms with van der Waals surface area (Å²) in [6.45, 7) is 10.5. The summed E-state index contributed by atoms with van der Waals surface area (Å²) in [7, 11) is 0. The second-order valence-electron chi connectivity index (χ2n) is 3.36. The molecule has 3 N–H and O–H groups in total. The zero-order valence-electron chi connectivity index (χ0n) is 10.2. The fraction of sp³-hybridized carbons (Fsp3) is 0.600. The summed E-state index contributed by atoms with van der Waals surface area (Å²) < 4.78 is -0.188. The van der Waals surface area contributed by atoms with Crippen LogP contribution >= 0.6 is 15.9 Å². The fourth-order valence-electron chi connectivity index (χ4n) is 1.20. The maximum atomic E-state index is 10.5. The van der Waals surface area contributed by atoms with Gasteiger partial charge < -0.3 is 15.0 Å². The predicted octanol–water partition coefficient (Wildman–Crippen LogP) is -1.17. The largest absolute Gasteiger partial charge is 0.859 e. The van der Waals surface area contributed by atoms with Crippen LogP contribution in [0.2, 0.25) is 0 Å². The molecule has 0 aliphatic carbocycles. The quantitative estimate of drug-likeness (QED) is 0.657. The third-order valence-electron chi connectivity index (χ3n) is 2.35. The molecule has 1 heterocycles. The molecule has 0 aliphatic heterocycles. The molecule has 0 spiro atoms. The molecule has 0 saturated heterocycles. The summed E-state index contributed by atoms with van der Waals surface area (Å²) in [6, 6.07) is 0. The molecule has 0 radical (unpaired) electrons. The van der Waals surface area contributed by atoms with E-state index in [9.17, 15) is 14.7 Å². The maximum Gasteiger partial charge on any atom is 0.325 e. The summed E-state index contributed by atoms with van der Waals surface area (Å²) >= 11 is 2.69. The van der Waals surface area contributed by atoms with E-state index in [4.69, 9.17) is 0 Å². The van der Waals surface area contributed by atoms with E-state index in [1.807, 2.05) is 9.97 Å². The van der Waals surface area contributed by atoms with Gasteiger partial charge in [0, 0.05) is 0 Å². The lowest BCUT2D eigenvalue weighted by atomic mass is 10.5. The van der Waals surface area contributed by atoms with E-state index in [2.05, 4.69) is 36.7 Å². The van der Waals surface area contributed by atoms with Crippen LogP contribution in [0.15, 0.2) is 14.1 Å². The van der Waals surface area contributed by atoms with E-state index < -0.39 is 17.1 Å². The van der Waals surface area contributed by atoms with E-state index in [1.165, 1.54) is 19.6 Å². The first-order valence-electron chi connectivity index (χ1n) is 5.48. The van der Waals surface area contributed by atoms with Crippen molar-refractivity contribution in [1.82, 2.24) is 9.97 Å². The molecule has 0 aliphatic rings. The van der Waals surface area contributed by atoms with Crippen LogP contribution in [0.5, 0.6) is 5.88 Å². The Bertz CT molecular complexity index is 432. The van der Waals surface area contributed by atoms with E-state index in [-0.39, 0.29) is 4.47 Å². The van der Waals surface area contributed by atoms with Crippen molar-refractivity contribution in [2.24, 2.45) is 0 Å². The first-order chi connectivity index (χ1) is 7.96. The van der Waals surface area contributed by atoms with Gasteiger partial charge in [-0.2, -0.15) is 0 Å². The van der Waals surface area contributed by atoms with Gasteiger partial charge in [0.25, 0.3) is 5.56 Å². The number of hydrogen-bond acceptors (Lipinski definition) is 3. The van der Waals surface area contributed by atoms with Crippen LogP contribution in [-0.2, 0) is 0 Å². The van der Waals surface area contributed by atoms with E-state index >= 15 is 0 Å². The highest BCUT2D eigenvalue weighted by Gasteiger charge is 1.95. The number of aromatic amines is 2. The molecule has 0 bridgehead atoms. The molecule has 7 heteroatoms. The SMILES string of the molecule is CC[NH+](CC)CC.O=c1[nH]c([O-])c(Br)c(=O)[nH]1. The number of nitrogens with one attached hydrogen (secondary N) is 3. The average Bonchev–Trinajstić information content (AvgIpc) is 2.29. The van der Waals surface area contributed by atoms with Crippen LogP contribution in [0, 0.1) is 0 Å². The van der Waals surface area contributed by atoms with Gasteiger partial charge in [-0.3, -0.25) is 9.78 Å². The summed E-state index contributed by atoms with van der Waals surface area (Å²) in [5, 5.41) is 10.5. The summed E-state index contributed by atoms with van der Waals surface area (Å²) in [5.41, 5.74) is -1.51. The van der Waals surface area contributed by atoms with Gasteiger partial charge in [0.2, 0.25) is 0 Å². The molecule has 98 valence electrons. The molecule has 1 rings (SSSR count). The van der Waals surface area contributed by atoms with Gasteiger partial charge >= 0.3 is 5.69 Å². The molecule has 0 amide bonds. The topological polar surface area (TPSA) is 93.2 Å². The Balaban J connectivity index is 0.000000325. The van der Waals surface area contributed by atoms with Crippen molar-refractivity contribution in [3.63, 3.8) is 0 Å². The summed E-state index contributed by atoms with van der Waals surface area (Å²) in [4.78, 5) is 26.3. The Morgan fingerprint density at radius 1 is 1.12 bits per heavy atom. The van der Waals surface area contributed by atoms with Gasteiger partial charge in [0.1, 0.15) is 0 Å². The lowest BCUT2D eigenvalue weighted by Crippen LogP contribution is -3.11. The van der Waals surface area contributed by atoms with Crippen molar-refractivity contribution in [3.05, 3.63) is 25.3 Å². The maximum absolute atomic E-state index is 10.5. The predicted molar refractivity (Wildman–Crippen MR) is 67.4 cm³/mol. The van der Waals surface area contributed by atoms with Crippen LogP contribution in [0.3, 0.4) is 0 Å². The molecule has 17 heavy (non-hydrogen) atoms. The van der Waals surface area contributed by atoms with E-state index in [0.717, 1.165) is 0 Å². The van der Waals surface area contributed by atoms with Crippen molar-refractivity contribution >= 4 is 15.9 Å². The molecule has 6 nitrogen and oxygen atoms in total. The van der Waals surface area contributed by atoms with Crippen molar-refractivity contribution in [1.29, 1.82) is 0 Å². The number of quaternary nitrogens is 1. The number of H-pyrrole nitrogens is 2. The minimum Gasteiger partial charge on any atom is -0.859 e. The van der Waals surface area contributed by atoms with Gasteiger partial charge in [-0.05, 0) is 42.6 Å². The minimum absolute atomic E-state index is 0.188. The van der Waals surface area contributed by atoms with Crippen molar-refractivity contribution in [3.8, 4) is 5.88 Å². The average molecular weight is 308 g/mol. The van der Waals surface area contributed by atoms with Gasteiger partial charge in [-0.25, -0.2) is 4.79 Å². The van der Waals surface area contributed by atoms with Crippen LogP contribution in [0.4, 0.5) is 0 Å². The van der Waals surface area contributed by atoms with Crippen molar-refractivity contribution in [2.45, 2.75) is 20.8 Å². The third kappa shape index (κ3) is 5.69. The van der Waals surface area contributed by atoms with Crippen molar-refractivity contribution in [2.75, 3.05) is 19.6 Å². The Morgan fingerprint density at radius 3 is 1.88 bits per heavy atom. The number of halogens is 1. The van der Waals surface area contributed by atoms with Crippen LogP contribution in [-0.4, -0.2) is 29.6 Å². The van der Waals surface area contributed by atoms with Gasteiger partial charge in [-0.1, -0.05) is 0 Å². The molecular formula is C10H18BrN3O3. The Kier molecular flexibility index (Phi) is 7.56. The molecule has 1 aromatic rings. The molecule has 1 aromatic heterocycles. The molecule has 0 fully saturated rings. The van der Waals surface area contributed by atoms with Crippen molar-refractivity contribution < 1.29 is 10.0 Å². The smallest absolute Gasteiger partial charge is 0.325 e. The van der Waals surface area contributed by atoms with Crippen LogP contribution < -0.4 is 21.3 Å². The minimum atomic E-state index is -0.793. The molecular weight excluding hydrogens is 290 g/mol.